The highest BCUT2D eigenvalue weighted by Gasteiger charge is 2.21. The molecule has 1 aliphatic heterocycles. The molecule has 0 amide bonds. The summed E-state index contributed by atoms with van der Waals surface area (Å²) in [6.07, 6.45) is 2.80. The molecule has 7 nitrogen and oxygen atoms in total. The largest absolute Gasteiger partial charge is 0.506 e. The lowest BCUT2D eigenvalue weighted by atomic mass is 10.2. The van der Waals surface area contributed by atoms with Crippen LogP contribution < -0.4 is 15.0 Å². The topological polar surface area (TPSA) is 73.2 Å². The van der Waals surface area contributed by atoms with E-state index in [-0.39, 0.29) is 24.0 Å². The number of aromatic nitrogens is 1. The maximum Gasteiger partial charge on any atom is 0.213 e. The van der Waals surface area contributed by atoms with Crippen LogP contribution >= 0.6 is 24.0 Å². The monoisotopic (exact) mass is 525 g/mol. The van der Waals surface area contributed by atoms with Crippen LogP contribution in [0.25, 0.3) is 0 Å². The standard InChI is InChI=1S/C22H31N5O2.HI/c1-3-15-29-21-10-9-18(16-24-21)17-25-22(23-4-2)27-13-11-26(12-14-27)19-7-5-6-8-20(19)28;/h5-10,16,28H,3-4,11-15,17H2,1-2H3,(H,23,25);1H. The predicted molar refractivity (Wildman–Crippen MR) is 132 cm³/mol. The number of ether oxygens (including phenoxy) is 1. The van der Waals surface area contributed by atoms with Gasteiger partial charge in [-0.25, -0.2) is 9.98 Å². The van der Waals surface area contributed by atoms with Gasteiger partial charge in [-0.1, -0.05) is 25.1 Å². The van der Waals surface area contributed by atoms with Gasteiger partial charge < -0.3 is 25.0 Å². The minimum absolute atomic E-state index is 0. The molecule has 0 bridgehead atoms. The fourth-order valence-corrected chi connectivity index (χ4v) is 3.28. The van der Waals surface area contributed by atoms with Gasteiger partial charge in [0, 0.05) is 45.0 Å². The van der Waals surface area contributed by atoms with Gasteiger partial charge in [0.25, 0.3) is 0 Å². The second kappa shape index (κ2) is 12.5. The van der Waals surface area contributed by atoms with Crippen molar-refractivity contribution in [3.63, 3.8) is 0 Å². The van der Waals surface area contributed by atoms with Crippen molar-refractivity contribution in [3.8, 4) is 11.6 Å². The summed E-state index contributed by atoms with van der Waals surface area (Å²) in [4.78, 5) is 13.6. The average molecular weight is 525 g/mol. The number of halogens is 1. The molecule has 3 rings (SSSR count). The fraction of sp³-hybridized carbons (Fsp3) is 0.455. The number of nitrogens with zero attached hydrogens (tertiary/aromatic N) is 4. The van der Waals surface area contributed by atoms with E-state index in [4.69, 9.17) is 9.73 Å². The van der Waals surface area contributed by atoms with Crippen molar-refractivity contribution in [2.24, 2.45) is 4.99 Å². The lowest BCUT2D eigenvalue weighted by Crippen LogP contribution is -2.52. The first kappa shape index (κ1) is 24.0. The lowest BCUT2D eigenvalue weighted by molar-refractivity contribution is 0.305. The van der Waals surface area contributed by atoms with Crippen LogP contribution in [0.15, 0.2) is 47.6 Å². The number of para-hydroxylation sites is 2. The molecule has 0 saturated carbocycles. The zero-order valence-electron chi connectivity index (χ0n) is 17.8. The molecule has 30 heavy (non-hydrogen) atoms. The maximum atomic E-state index is 10.1. The normalized spacial score (nSPS) is 14.3. The third-order valence-electron chi connectivity index (χ3n) is 4.80. The molecule has 164 valence electrons. The first-order chi connectivity index (χ1) is 14.2. The van der Waals surface area contributed by atoms with Crippen LogP contribution in [0.2, 0.25) is 0 Å². The minimum Gasteiger partial charge on any atom is -0.506 e. The summed E-state index contributed by atoms with van der Waals surface area (Å²) in [5.74, 6) is 1.91. The van der Waals surface area contributed by atoms with E-state index in [0.29, 0.717) is 24.8 Å². The maximum absolute atomic E-state index is 10.1. The van der Waals surface area contributed by atoms with Gasteiger partial charge in [0.1, 0.15) is 5.75 Å². The second-order valence-corrected chi connectivity index (χ2v) is 6.99. The Morgan fingerprint density at radius 2 is 1.90 bits per heavy atom. The van der Waals surface area contributed by atoms with Gasteiger partial charge in [-0.15, -0.1) is 24.0 Å². The number of nitrogens with one attached hydrogen (secondary N) is 1. The number of phenolic OH excluding ortho intramolecular Hbond substituents is 1. The van der Waals surface area contributed by atoms with Crippen LogP contribution in [0.1, 0.15) is 25.8 Å². The van der Waals surface area contributed by atoms with Crippen molar-refractivity contribution in [2.45, 2.75) is 26.8 Å². The van der Waals surface area contributed by atoms with Crippen LogP contribution in [-0.4, -0.2) is 60.3 Å². The summed E-state index contributed by atoms with van der Waals surface area (Å²) in [7, 11) is 0. The minimum atomic E-state index is 0. The summed E-state index contributed by atoms with van der Waals surface area (Å²) in [5, 5.41) is 13.5. The third kappa shape index (κ3) is 6.65. The smallest absolute Gasteiger partial charge is 0.213 e. The first-order valence-corrected chi connectivity index (χ1v) is 10.3. The molecule has 0 spiro atoms. The van der Waals surface area contributed by atoms with Crippen molar-refractivity contribution in [1.82, 2.24) is 15.2 Å². The molecule has 1 aromatic carbocycles. The molecular formula is C22H32IN5O2. The van der Waals surface area contributed by atoms with E-state index in [2.05, 4.69) is 33.9 Å². The van der Waals surface area contributed by atoms with E-state index in [1.807, 2.05) is 36.5 Å². The number of aliphatic imine (C=N–C) groups is 1. The molecule has 0 atom stereocenters. The van der Waals surface area contributed by atoms with Crippen LogP contribution in [0.3, 0.4) is 0 Å². The molecule has 1 saturated heterocycles. The molecule has 0 aliphatic carbocycles. The number of piperazine rings is 1. The van der Waals surface area contributed by atoms with E-state index in [0.717, 1.165) is 56.4 Å². The molecule has 0 radical (unpaired) electrons. The highest BCUT2D eigenvalue weighted by molar-refractivity contribution is 14.0. The van der Waals surface area contributed by atoms with Crippen LogP contribution in [-0.2, 0) is 6.54 Å². The number of aromatic hydroxyl groups is 1. The zero-order chi connectivity index (χ0) is 20.5. The van der Waals surface area contributed by atoms with Crippen molar-refractivity contribution in [1.29, 1.82) is 0 Å². The number of rotatable bonds is 7. The van der Waals surface area contributed by atoms with Gasteiger partial charge in [-0.2, -0.15) is 0 Å². The molecule has 1 aliphatic rings. The van der Waals surface area contributed by atoms with Crippen LogP contribution in [0, 0.1) is 0 Å². The van der Waals surface area contributed by atoms with Crippen molar-refractivity contribution < 1.29 is 9.84 Å². The lowest BCUT2D eigenvalue weighted by Gasteiger charge is -2.37. The Kier molecular flexibility index (Phi) is 9.99. The van der Waals surface area contributed by atoms with Crippen molar-refractivity contribution >= 4 is 35.6 Å². The summed E-state index contributed by atoms with van der Waals surface area (Å²) in [5.41, 5.74) is 1.95. The van der Waals surface area contributed by atoms with E-state index in [1.54, 1.807) is 6.07 Å². The number of phenols is 1. The Morgan fingerprint density at radius 3 is 2.53 bits per heavy atom. The average Bonchev–Trinajstić information content (AvgIpc) is 2.76. The summed E-state index contributed by atoms with van der Waals surface area (Å²) >= 11 is 0. The number of benzene rings is 1. The number of guanidine groups is 1. The first-order valence-electron chi connectivity index (χ1n) is 10.3. The molecular weight excluding hydrogens is 493 g/mol. The quantitative estimate of drug-likeness (QED) is 0.328. The van der Waals surface area contributed by atoms with E-state index >= 15 is 0 Å². The third-order valence-corrected chi connectivity index (χ3v) is 4.80. The summed E-state index contributed by atoms with van der Waals surface area (Å²) in [6, 6.07) is 11.4. The van der Waals surface area contributed by atoms with Crippen LogP contribution in [0.4, 0.5) is 5.69 Å². The molecule has 1 fully saturated rings. The van der Waals surface area contributed by atoms with Crippen LogP contribution in [0.5, 0.6) is 11.6 Å². The molecule has 0 unspecified atom stereocenters. The van der Waals surface area contributed by atoms with Gasteiger partial charge in [-0.05, 0) is 31.0 Å². The van der Waals surface area contributed by atoms with Crippen molar-refractivity contribution in [3.05, 3.63) is 48.2 Å². The predicted octanol–water partition coefficient (Wildman–Crippen LogP) is 3.48. The molecule has 2 N–H and O–H groups in total. The Balaban J connectivity index is 0.00000320. The highest BCUT2D eigenvalue weighted by atomic mass is 127. The van der Waals surface area contributed by atoms with Gasteiger partial charge in [0.15, 0.2) is 5.96 Å². The Bertz CT molecular complexity index is 792. The van der Waals surface area contributed by atoms with Crippen molar-refractivity contribution in [2.75, 3.05) is 44.2 Å². The second-order valence-electron chi connectivity index (χ2n) is 6.99. The molecule has 2 aromatic rings. The fourth-order valence-electron chi connectivity index (χ4n) is 3.28. The Hall–Kier alpha value is -2.23. The van der Waals surface area contributed by atoms with Gasteiger partial charge in [0.05, 0.1) is 18.8 Å². The van der Waals surface area contributed by atoms with E-state index < -0.39 is 0 Å². The Morgan fingerprint density at radius 1 is 1.13 bits per heavy atom. The summed E-state index contributed by atoms with van der Waals surface area (Å²) in [6.45, 7) is 9.61. The SMILES string of the molecule is CCCOc1ccc(CN=C(NCC)N2CCN(c3ccccc3O)CC2)cn1.I. The molecule has 8 heteroatoms. The molecule has 1 aromatic heterocycles. The van der Waals surface area contributed by atoms with Gasteiger partial charge in [-0.3, -0.25) is 0 Å². The number of hydrogen-bond acceptors (Lipinski definition) is 5. The number of anilines is 1. The zero-order valence-corrected chi connectivity index (χ0v) is 20.1. The summed E-state index contributed by atoms with van der Waals surface area (Å²) < 4.78 is 5.53. The molecule has 2 heterocycles. The number of pyridine rings is 1. The van der Waals surface area contributed by atoms with E-state index in [1.165, 1.54) is 0 Å². The van der Waals surface area contributed by atoms with Gasteiger partial charge >= 0.3 is 0 Å². The highest BCUT2D eigenvalue weighted by Crippen LogP contribution is 2.27. The van der Waals surface area contributed by atoms with Gasteiger partial charge in [0.2, 0.25) is 5.88 Å². The number of hydrogen-bond donors (Lipinski definition) is 2. The Labute approximate surface area is 196 Å². The van der Waals surface area contributed by atoms with E-state index in [9.17, 15) is 5.11 Å².